The Morgan fingerprint density at radius 2 is 1.93 bits per heavy atom. The molecule has 4 rings (SSSR count). The van der Waals surface area contributed by atoms with Crippen LogP contribution >= 0.6 is 0 Å². The number of piperazine rings is 1. The number of quaternary nitrogens is 2. The van der Waals surface area contributed by atoms with Crippen LogP contribution in [0.4, 0.5) is 0 Å². The smallest absolute Gasteiger partial charge is 0.261 e. The average Bonchev–Trinajstić information content (AvgIpc) is 2.70. The minimum absolute atomic E-state index is 0.0577. The van der Waals surface area contributed by atoms with E-state index in [1.807, 2.05) is 47.0 Å². The Hall–Kier alpha value is -2.50. The highest BCUT2D eigenvalue weighted by Crippen LogP contribution is 2.14. The fraction of sp³-hybridized carbons (Fsp3) is 0.364. The van der Waals surface area contributed by atoms with Gasteiger partial charge in [-0.25, -0.2) is 4.98 Å². The topological polar surface area (TPSA) is 55.9 Å². The summed E-state index contributed by atoms with van der Waals surface area (Å²) in [5.41, 5.74) is 1.98. The Morgan fingerprint density at radius 1 is 1.19 bits per heavy atom. The van der Waals surface area contributed by atoms with Gasteiger partial charge >= 0.3 is 0 Å². The van der Waals surface area contributed by atoms with Gasteiger partial charge in [0.25, 0.3) is 5.56 Å². The SMILES string of the molecule is C[C@H]1C[NH+]([C@@H](C)c2nc3ccccc3c(=O)n2Cc2ccccc2)CC[NH2+]1. The molecule has 1 aliphatic heterocycles. The molecule has 1 fully saturated rings. The van der Waals surface area contributed by atoms with Crippen molar-refractivity contribution in [3.8, 4) is 0 Å². The number of benzene rings is 2. The third-order valence-corrected chi connectivity index (χ3v) is 5.69. The van der Waals surface area contributed by atoms with Crippen LogP contribution in [0.2, 0.25) is 0 Å². The van der Waals surface area contributed by atoms with E-state index < -0.39 is 0 Å². The summed E-state index contributed by atoms with van der Waals surface area (Å²) < 4.78 is 1.89. The lowest BCUT2D eigenvalue weighted by Crippen LogP contribution is -3.22. The van der Waals surface area contributed by atoms with Crippen molar-refractivity contribution in [2.75, 3.05) is 19.6 Å². The number of nitrogens with two attached hydrogens (primary N) is 1. The molecule has 0 amide bonds. The van der Waals surface area contributed by atoms with Gasteiger partial charge in [0.15, 0.2) is 5.82 Å². The van der Waals surface area contributed by atoms with Crippen molar-refractivity contribution in [2.45, 2.75) is 32.5 Å². The van der Waals surface area contributed by atoms with E-state index in [-0.39, 0.29) is 11.6 Å². The number of para-hydroxylation sites is 1. The highest BCUT2D eigenvalue weighted by atomic mass is 16.1. The predicted molar refractivity (Wildman–Crippen MR) is 107 cm³/mol. The van der Waals surface area contributed by atoms with Crippen LogP contribution in [0.3, 0.4) is 0 Å². The summed E-state index contributed by atoms with van der Waals surface area (Å²) in [6.45, 7) is 8.36. The number of nitrogens with one attached hydrogen (secondary N) is 1. The van der Waals surface area contributed by atoms with E-state index in [4.69, 9.17) is 4.98 Å². The molecule has 3 N–H and O–H groups in total. The van der Waals surface area contributed by atoms with Gasteiger partial charge in [0.05, 0.1) is 17.4 Å². The van der Waals surface area contributed by atoms with Crippen LogP contribution in [-0.4, -0.2) is 35.2 Å². The van der Waals surface area contributed by atoms with E-state index in [9.17, 15) is 4.79 Å². The van der Waals surface area contributed by atoms with Crippen molar-refractivity contribution >= 4 is 10.9 Å². The molecule has 5 nitrogen and oxygen atoms in total. The Bertz CT molecular complexity index is 983. The maximum absolute atomic E-state index is 13.3. The molecule has 1 aliphatic rings. The number of hydrogen-bond donors (Lipinski definition) is 2. The van der Waals surface area contributed by atoms with Crippen molar-refractivity contribution in [1.29, 1.82) is 0 Å². The molecule has 0 saturated carbocycles. The molecule has 2 heterocycles. The van der Waals surface area contributed by atoms with Crippen molar-refractivity contribution in [1.82, 2.24) is 9.55 Å². The van der Waals surface area contributed by atoms with E-state index >= 15 is 0 Å². The number of aromatic nitrogens is 2. The van der Waals surface area contributed by atoms with Crippen molar-refractivity contribution in [2.24, 2.45) is 0 Å². The third kappa shape index (κ3) is 3.66. The number of fused-ring (bicyclic) bond motifs is 1. The van der Waals surface area contributed by atoms with Crippen molar-refractivity contribution in [3.05, 3.63) is 76.3 Å². The second-order valence-electron chi connectivity index (χ2n) is 7.70. The third-order valence-electron chi connectivity index (χ3n) is 5.69. The number of hydrogen-bond acceptors (Lipinski definition) is 2. The first-order valence-corrected chi connectivity index (χ1v) is 9.85. The molecule has 2 aromatic carbocycles. The van der Waals surface area contributed by atoms with E-state index in [1.165, 1.54) is 4.90 Å². The molecule has 0 aliphatic carbocycles. The van der Waals surface area contributed by atoms with Crippen LogP contribution in [0.1, 0.15) is 31.3 Å². The Labute approximate surface area is 159 Å². The van der Waals surface area contributed by atoms with Gasteiger partial charge in [0, 0.05) is 0 Å². The minimum Gasteiger partial charge on any atom is -0.335 e. The van der Waals surface area contributed by atoms with Crippen molar-refractivity contribution in [3.63, 3.8) is 0 Å². The summed E-state index contributed by atoms with van der Waals surface area (Å²) in [5, 5.41) is 3.10. The van der Waals surface area contributed by atoms with Crippen LogP contribution in [0.5, 0.6) is 0 Å². The van der Waals surface area contributed by atoms with Gasteiger partial charge < -0.3 is 10.2 Å². The molecule has 140 valence electrons. The minimum atomic E-state index is 0.0577. The normalized spacial score (nSPS) is 21.3. The largest absolute Gasteiger partial charge is 0.335 e. The standard InChI is InChI=1S/C22H26N4O/c1-16-14-25(13-12-23-16)17(2)21-24-20-11-7-6-10-19(20)22(27)26(21)15-18-8-4-3-5-9-18/h3-11,16-17,23H,12-15H2,1-2H3/p+2/t16-,17-/m0/s1. The van der Waals surface area contributed by atoms with E-state index in [2.05, 4.69) is 31.3 Å². The Morgan fingerprint density at radius 3 is 2.70 bits per heavy atom. The van der Waals surface area contributed by atoms with E-state index in [0.29, 0.717) is 18.0 Å². The second-order valence-corrected chi connectivity index (χ2v) is 7.70. The molecule has 27 heavy (non-hydrogen) atoms. The summed E-state index contributed by atoms with van der Waals surface area (Å²) in [6.07, 6.45) is 0. The molecule has 1 unspecified atom stereocenters. The Kier molecular flexibility index (Phi) is 5.05. The molecule has 0 spiro atoms. The van der Waals surface area contributed by atoms with Crippen LogP contribution in [0.15, 0.2) is 59.4 Å². The summed E-state index contributed by atoms with van der Waals surface area (Å²) in [7, 11) is 0. The lowest BCUT2D eigenvalue weighted by Gasteiger charge is -2.31. The quantitative estimate of drug-likeness (QED) is 0.702. The number of nitrogens with zero attached hydrogens (tertiary/aromatic N) is 2. The molecule has 5 heteroatoms. The second kappa shape index (κ2) is 7.62. The molecule has 3 aromatic rings. The summed E-state index contributed by atoms with van der Waals surface area (Å²) in [6, 6.07) is 18.7. The van der Waals surface area contributed by atoms with Gasteiger partial charge in [-0.05, 0) is 31.5 Å². The van der Waals surface area contributed by atoms with Crippen LogP contribution in [0.25, 0.3) is 10.9 Å². The van der Waals surface area contributed by atoms with Crippen LogP contribution < -0.4 is 15.8 Å². The van der Waals surface area contributed by atoms with Gasteiger partial charge in [-0.2, -0.15) is 0 Å². The molecule has 1 aromatic heterocycles. The van der Waals surface area contributed by atoms with E-state index in [0.717, 1.165) is 36.5 Å². The predicted octanol–water partition coefficient (Wildman–Crippen LogP) is 0.356. The van der Waals surface area contributed by atoms with Gasteiger partial charge in [0.2, 0.25) is 0 Å². The molecular formula is C22H28N4O+2. The highest BCUT2D eigenvalue weighted by Gasteiger charge is 2.30. The summed E-state index contributed by atoms with van der Waals surface area (Å²) >= 11 is 0. The monoisotopic (exact) mass is 364 g/mol. The zero-order valence-electron chi connectivity index (χ0n) is 16.1. The molecule has 0 radical (unpaired) electrons. The highest BCUT2D eigenvalue weighted by molar-refractivity contribution is 5.77. The molecule has 1 saturated heterocycles. The first kappa shape index (κ1) is 17.9. The molecule has 3 atom stereocenters. The summed E-state index contributed by atoms with van der Waals surface area (Å²) in [4.78, 5) is 19.8. The summed E-state index contributed by atoms with van der Waals surface area (Å²) in [5.74, 6) is 0.895. The van der Waals surface area contributed by atoms with Crippen LogP contribution in [0, 0.1) is 0 Å². The lowest BCUT2D eigenvalue weighted by molar-refractivity contribution is -0.979. The fourth-order valence-electron chi connectivity index (χ4n) is 4.16. The first-order chi connectivity index (χ1) is 13.1. The van der Waals surface area contributed by atoms with Crippen molar-refractivity contribution < 1.29 is 10.2 Å². The maximum Gasteiger partial charge on any atom is 0.261 e. The zero-order valence-corrected chi connectivity index (χ0v) is 16.1. The zero-order chi connectivity index (χ0) is 18.8. The van der Waals surface area contributed by atoms with Gasteiger partial charge in [-0.15, -0.1) is 0 Å². The lowest BCUT2D eigenvalue weighted by atomic mass is 10.1. The molecular weight excluding hydrogens is 336 g/mol. The molecule has 0 bridgehead atoms. The maximum atomic E-state index is 13.3. The van der Waals surface area contributed by atoms with Gasteiger partial charge in [-0.3, -0.25) is 9.36 Å². The van der Waals surface area contributed by atoms with Crippen LogP contribution in [-0.2, 0) is 6.54 Å². The first-order valence-electron chi connectivity index (χ1n) is 9.85. The van der Waals surface area contributed by atoms with E-state index in [1.54, 1.807) is 0 Å². The average molecular weight is 364 g/mol. The number of rotatable bonds is 4. The fourth-order valence-corrected chi connectivity index (χ4v) is 4.16. The van der Waals surface area contributed by atoms with Gasteiger partial charge in [-0.1, -0.05) is 42.5 Å². The Balaban J connectivity index is 1.82. The van der Waals surface area contributed by atoms with Gasteiger partial charge in [0.1, 0.15) is 31.7 Å².